The van der Waals surface area contributed by atoms with Crippen LogP contribution < -0.4 is 14.4 Å². The topological polar surface area (TPSA) is 75.7 Å². The number of nitrogens with zero attached hydrogens (tertiary/aromatic N) is 1. The van der Waals surface area contributed by atoms with Gasteiger partial charge in [0.25, 0.3) is 5.91 Å². The number of carbonyl (C=O) groups excluding carboxylic acids is 1. The van der Waals surface area contributed by atoms with Gasteiger partial charge in [0, 0.05) is 5.54 Å². The Labute approximate surface area is 195 Å². The molecule has 5 aliphatic rings. The van der Waals surface area contributed by atoms with E-state index in [1.807, 2.05) is 18.2 Å². The van der Waals surface area contributed by atoms with Crippen LogP contribution in [-0.2, 0) is 20.6 Å². The number of para-hydroxylation sites is 2. The number of hydrogen-bond donors (Lipinski definition) is 1. The number of benzene rings is 2. The Morgan fingerprint density at radius 1 is 0.939 bits per heavy atom. The highest BCUT2D eigenvalue weighted by Crippen LogP contribution is 2.55. The maximum atomic E-state index is 13.5. The fraction of sp³-hybridized carbons (Fsp3) is 0.500. The van der Waals surface area contributed by atoms with Crippen molar-refractivity contribution in [2.75, 3.05) is 10.8 Å². The van der Waals surface area contributed by atoms with E-state index in [1.165, 1.54) is 23.6 Å². The quantitative estimate of drug-likeness (QED) is 0.726. The van der Waals surface area contributed by atoms with Crippen molar-refractivity contribution in [3.05, 3.63) is 60.2 Å². The van der Waals surface area contributed by atoms with E-state index < -0.39 is 16.1 Å². The molecule has 2 aromatic carbocycles. The van der Waals surface area contributed by atoms with Crippen molar-refractivity contribution < 1.29 is 17.9 Å². The van der Waals surface area contributed by atoms with Gasteiger partial charge in [-0.3, -0.25) is 9.10 Å². The van der Waals surface area contributed by atoms with Gasteiger partial charge in [-0.05, 0) is 74.0 Å². The summed E-state index contributed by atoms with van der Waals surface area (Å²) in [6.45, 7) is -0.00954. The minimum atomic E-state index is -3.70. The molecule has 7 heteroatoms. The second-order valence-electron chi connectivity index (χ2n) is 10.5. The summed E-state index contributed by atoms with van der Waals surface area (Å²) in [5.41, 5.74) is 1.07. The van der Waals surface area contributed by atoms with Crippen LogP contribution in [0.3, 0.4) is 0 Å². The summed E-state index contributed by atoms with van der Waals surface area (Å²) >= 11 is 0. The van der Waals surface area contributed by atoms with Crippen molar-refractivity contribution >= 4 is 21.6 Å². The van der Waals surface area contributed by atoms with Gasteiger partial charge in [-0.25, -0.2) is 8.42 Å². The van der Waals surface area contributed by atoms with E-state index in [2.05, 4.69) is 5.32 Å². The highest BCUT2D eigenvalue weighted by molar-refractivity contribution is 7.92. The van der Waals surface area contributed by atoms with E-state index in [0.29, 0.717) is 29.2 Å². The van der Waals surface area contributed by atoms with Gasteiger partial charge in [0.1, 0.15) is 5.75 Å². The molecular formula is C26H30N2O4S. The lowest BCUT2D eigenvalue weighted by Crippen LogP contribution is -2.63. The number of anilines is 1. The molecule has 1 amide bonds. The van der Waals surface area contributed by atoms with Gasteiger partial charge in [-0.1, -0.05) is 42.5 Å². The third kappa shape index (κ3) is 3.90. The summed E-state index contributed by atoms with van der Waals surface area (Å²) in [6.07, 6.45) is 6.17. The largest absolute Gasteiger partial charge is 0.476 e. The maximum absolute atomic E-state index is 13.5. The second kappa shape index (κ2) is 7.76. The molecule has 0 saturated heterocycles. The minimum absolute atomic E-state index is 0.00954. The first-order chi connectivity index (χ1) is 15.9. The molecular weight excluding hydrogens is 436 g/mol. The van der Waals surface area contributed by atoms with Gasteiger partial charge in [-0.15, -0.1) is 0 Å². The second-order valence-corrected chi connectivity index (χ2v) is 12.4. The van der Waals surface area contributed by atoms with Crippen molar-refractivity contribution in [1.29, 1.82) is 0 Å². The van der Waals surface area contributed by atoms with Crippen molar-refractivity contribution in [2.24, 2.45) is 17.8 Å². The number of rotatable bonds is 5. The number of ether oxygens (including phenoxy) is 1. The summed E-state index contributed by atoms with van der Waals surface area (Å²) in [4.78, 5) is 13.5. The van der Waals surface area contributed by atoms with Gasteiger partial charge < -0.3 is 10.1 Å². The Kier molecular flexibility index (Phi) is 4.94. The number of fused-ring (bicyclic) bond motifs is 1. The standard InChI is InChI=1S/C26H30N2O4S/c29-25(27-26-13-19-10-20(14-26)12-21(11-19)15-26)24-16-28(22-8-4-5-9-23(22)32-24)33(30,31)17-18-6-2-1-3-7-18/h1-9,19-21,24H,10-17H2,(H,27,29)/t19?,20?,21?,24-,26?/m0/s1. The zero-order chi connectivity index (χ0) is 22.6. The SMILES string of the molecule is O=C(NC12CC3CC(CC(C3)C1)C2)[C@@H]1CN(S(=O)(=O)Cc2ccccc2)c2ccccc2O1. The minimum Gasteiger partial charge on any atom is -0.476 e. The van der Waals surface area contributed by atoms with Gasteiger partial charge in [0.15, 0.2) is 6.10 Å². The Hall–Kier alpha value is -2.54. The maximum Gasteiger partial charge on any atom is 0.263 e. The monoisotopic (exact) mass is 466 g/mol. The molecule has 4 saturated carbocycles. The smallest absolute Gasteiger partial charge is 0.263 e. The lowest BCUT2D eigenvalue weighted by Gasteiger charge is -2.57. The van der Waals surface area contributed by atoms with Crippen LogP contribution in [0.2, 0.25) is 0 Å². The van der Waals surface area contributed by atoms with Gasteiger partial charge in [0.2, 0.25) is 10.0 Å². The molecule has 6 nitrogen and oxygen atoms in total. The number of sulfonamides is 1. The van der Waals surface area contributed by atoms with Crippen LogP contribution in [0.25, 0.3) is 0 Å². The van der Waals surface area contributed by atoms with Crippen LogP contribution in [0, 0.1) is 17.8 Å². The summed E-state index contributed by atoms with van der Waals surface area (Å²) in [5, 5.41) is 3.36. The van der Waals surface area contributed by atoms with E-state index in [-0.39, 0.29) is 23.7 Å². The lowest BCUT2D eigenvalue weighted by molar-refractivity contribution is -0.133. The third-order valence-corrected chi connectivity index (χ3v) is 9.70. The predicted octanol–water partition coefficient (Wildman–Crippen LogP) is 3.87. The van der Waals surface area contributed by atoms with Crippen molar-refractivity contribution in [3.63, 3.8) is 0 Å². The van der Waals surface area contributed by atoms with E-state index in [0.717, 1.165) is 24.8 Å². The molecule has 0 radical (unpaired) electrons. The molecule has 1 atom stereocenters. The Bertz CT molecular complexity index is 1130. The predicted molar refractivity (Wildman–Crippen MR) is 126 cm³/mol. The van der Waals surface area contributed by atoms with Crippen LogP contribution in [0.1, 0.15) is 44.1 Å². The van der Waals surface area contributed by atoms with Crippen LogP contribution in [0.15, 0.2) is 54.6 Å². The summed E-state index contributed by atoms with van der Waals surface area (Å²) in [5.74, 6) is 2.27. The molecule has 1 heterocycles. The molecule has 1 aliphatic heterocycles. The number of hydrogen-bond acceptors (Lipinski definition) is 4. The van der Waals surface area contributed by atoms with Crippen LogP contribution >= 0.6 is 0 Å². The first-order valence-electron chi connectivity index (χ1n) is 12.0. The molecule has 4 fully saturated rings. The summed E-state index contributed by atoms with van der Waals surface area (Å²) in [6, 6.07) is 16.2. The molecule has 0 aromatic heterocycles. The molecule has 7 rings (SSSR count). The highest BCUT2D eigenvalue weighted by atomic mass is 32.2. The molecule has 4 bridgehead atoms. The van der Waals surface area contributed by atoms with Crippen molar-refractivity contribution in [3.8, 4) is 5.75 Å². The number of carbonyl (C=O) groups is 1. The van der Waals surface area contributed by atoms with E-state index in [4.69, 9.17) is 4.74 Å². The molecule has 174 valence electrons. The van der Waals surface area contributed by atoms with Crippen LogP contribution in [-0.4, -0.2) is 32.5 Å². The Balaban J connectivity index is 1.25. The number of nitrogens with one attached hydrogen (secondary N) is 1. The van der Waals surface area contributed by atoms with E-state index in [1.54, 1.807) is 36.4 Å². The van der Waals surface area contributed by atoms with E-state index in [9.17, 15) is 13.2 Å². The first kappa shape index (κ1) is 21.0. The summed E-state index contributed by atoms with van der Waals surface area (Å²) < 4.78 is 34.3. The highest BCUT2D eigenvalue weighted by Gasteiger charge is 2.52. The molecule has 0 spiro atoms. The zero-order valence-corrected chi connectivity index (χ0v) is 19.5. The lowest BCUT2D eigenvalue weighted by atomic mass is 9.53. The van der Waals surface area contributed by atoms with Gasteiger partial charge in [-0.2, -0.15) is 0 Å². The van der Waals surface area contributed by atoms with Crippen molar-refractivity contribution in [1.82, 2.24) is 5.32 Å². The summed E-state index contributed by atoms with van der Waals surface area (Å²) in [7, 11) is -3.70. The van der Waals surface area contributed by atoms with Crippen LogP contribution in [0.5, 0.6) is 5.75 Å². The van der Waals surface area contributed by atoms with Crippen LogP contribution in [0.4, 0.5) is 5.69 Å². The van der Waals surface area contributed by atoms with Gasteiger partial charge in [0.05, 0.1) is 18.0 Å². The van der Waals surface area contributed by atoms with Crippen molar-refractivity contribution in [2.45, 2.75) is 55.9 Å². The Morgan fingerprint density at radius 2 is 1.55 bits per heavy atom. The Morgan fingerprint density at radius 3 is 2.21 bits per heavy atom. The normalized spacial score (nSPS) is 32.2. The molecule has 0 unspecified atom stereocenters. The van der Waals surface area contributed by atoms with Gasteiger partial charge >= 0.3 is 0 Å². The van der Waals surface area contributed by atoms with E-state index >= 15 is 0 Å². The zero-order valence-electron chi connectivity index (χ0n) is 18.7. The molecule has 4 aliphatic carbocycles. The fourth-order valence-corrected chi connectivity index (χ4v) is 8.65. The molecule has 33 heavy (non-hydrogen) atoms. The fourth-order valence-electron chi connectivity index (χ4n) is 7.07. The third-order valence-electron chi connectivity index (χ3n) is 7.98. The average Bonchev–Trinajstić information content (AvgIpc) is 2.77. The number of amides is 1. The average molecular weight is 467 g/mol. The molecule has 2 aromatic rings. The first-order valence-corrected chi connectivity index (χ1v) is 13.6. The molecule has 1 N–H and O–H groups in total.